The standard InChI is InChI=1S/C9H8N4O2/c1-12-9(10-6-11-12)7-4-2-3-5-8(7)13(14)15/h2-6H,1H3. The molecule has 6 heteroatoms. The molecule has 0 spiro atoms. The molecule has 0 unspecified atom stereocenters. The number of para-hydroxylation sites is 1. The molecule has 0 fully saturated rings. The van der Waals surface area contributed by atoms with Gasteiger partial charge in [0.05, 0.1) is 10.5 Å². The summed E-state index contributed by atoms with van der Waals surface area (Å²) in [5, 5.41) is 14.7. The predicted molar refractivity (Wildman–Crippen MR) is 53.1 cm³/mol. The highest BCUT2D eigenvalue weighted by molar-refractivity contribution is 5.67. The third kappa shape index (κ3) is 1.56. The van der Waals surface area contributed by atoms with Crippen molar-refractivity contribution >= 4 is 5.69 Å². The van der Waals surface area contributed by atoms with Crippen LogP contribution in [0.15, 0.2) is 30.6 Å². The Morgan fingerprint density at radius 2 is 2.13 bits per heavy atom. The van der Waals surface area contributed by atoms with Crippen LogP contribution in [-0.4, -0.2) is 19.7 Å². The minimum Gasteiger partial charge on any atom is -0.258 e. The molecule has 1 heterocycles. The average Bonchev–Trinajstić information content (AvgIpc) is 2.64. The van der Waals surface area contributed by atoms with Gasteiger partial charge in [0.15, 0.2) is 5.82 Å². The third-order valence-corrected chi connectivity index (χ3v) is 2.05. The summed E-state index contributed by atoms with van der Waals surface area (Å²) in [6.07, 6.45) is 1.37. The van der Waals surface area contributed by atoms with Crippen LogP contribution in [0.3, 0.4) is 0 Å². The Balaban J connectivity index is 2.63. The van der Waals surface area contributed by atoms with Crippen molar-refractivity contribution in [3.8, 4) is 11.4 Å². The summed E-state index contributed by atoms with van der Waals surface area (Å²) in [6, 6.07) is 6.46. The van der Waals surface area contributed by atoms with Gasteiger partial charge in [-0.05, 0) is 6.07 Å². The predicted octanol–water partition coefficient (Wildman–Crippen LogP) is 1.39. The highest BCUT2D eigenvalue weighted by Gasteiger charge is 2.17. The molecule has 76 valence electrons. The molecule has 6 nitrogen and oxygen atoms in total. The summed E-state index contributed by atoms with van der Waals surface area (Å²) in [5.74, 6) is 0.488. The topological polar surface area (TPSA) is 73.8 Å². The molecule has 2 rings (SSSR count). The van der Waals surface area contributed by atoms with Gasteiger partial charge in [-0.15, -0.1) is 0 Å². The van der Waals surface area contributed by atoms with E-state index in [-0.39, 0.29) is 5.69 Å². The van der Waals surface area contributed by atoms with Crippen molar-refractivity contribution in [2.24, 2.45) is 7.05 Å². The lowest BCUT2D eigenvalue weighted by molar-refractivity contribution is -0.384. The van der Waals surface area contributed by atoms with E-state index in [0.717, 1.165) is 0 Å². The van der Waals surface area contributed by atoms with Gasteiger partial charge < -0.3 is 0 Å². The van der Waals surface area contributed by atoms with E-state index < -0.39 is 4.92 Å². The van der Waals surface area contributed by atoms with Gasteiger partial charge in [-0.2, -0.15) is 5.10 Å². The number of rotatable bonds is 2. The molecule has 0 radical (unpaired) electrons. The number of aromatic nitrogens is 3. The molecule has 0 aliphatic rings. The quantitative estimate of drug-likeness (QED) is 0.547. The summed E-state index contributed by atoms with van der Waals surface area (Å²) in [7, 11) is 1.69. The zero-order valence-electron chi connectivity index (χ0n) is 7.99. The van der Waals surface area contributed by atoms with Crippen LogP contribution in [0.2, 0.25) is 0 Å². The van der Waals surface area contributed by atoms with Gasteiger partial charge >= 0.3 is 0 Å². The molecule has 1 aromatic heterocycles. The first-order valence-corrected chi connectivity index (χ1v) is 4.28. The van der Waals surface area contributed by atoms with E-state index in [1.165, 1.54) is 17.1 Å². The van der Waals surface area contributed by atoms with Crippen molar-refractivity contribution in [3.63, 3.8) is 0 Å². The first-order valence-electron chi connectivity index (χ1n) is 4.28. The van der Waals surface area contributed by atoms with E-state index in [4.69, 9.17) is 0 Å². The summed E-state index contributed by atoms with van der Waals surface area (Å²) >= 11 is 0. The molecule has 1 aromatic carbocycles. The second-order valence-electron chi connectivity index (χ2n) is 2.98. The highest BCUT2D eigenvalue weighted by atomic mass is 16.6. The number of benzene rings is 1. The van der Waals surface area contributed by atoms with Crippen molar-refractivity contribution < 1.29 is 4.92 Å². The van der Waals surface area contributed by atoms with E-state index in [2.05, 4.69) is 10.1 Å². The SMILES string of the molecule is Cn1ncnc1-c1ccccc1[N+](=O)[O-]. The molecule has 0 amide bonds. The van der Waals surface area contributed by atoms with Crippen LogP contribution in [0, 0.1) is 10.1 Å². The molecule has 2 aromatic rings. The van der Waals surface area contributed by atoms with Crippen LogP contribution in [0.25, 0.3) is 11.4 Å². The molecule has 0 aliphatic carbocycles. The molecule has 0 atom stereocenters. The largest absolute Gasteiger partial charge is 0.280 e. The molecule has 0 bridgehead atoms. The number of nitro benzene ring substituents is 1. The molecule has 0 saturated carbocycles. The van der Waals surface area contributed by atoms with Crippen molar-refractivity contribution in [3.05, 3.63) is 40.7 Å². The van der Waals surface area contributed by atoms with Crippen LogP contribution < -0.4 is 0 Å². The first kappa shape index (κ1) is 9.32. The Morgan fingerprint density at radius 3 is 2.73 bits per heavy atom. The van der Waals surface area contributed by atoms with Gasteiger partial charge in [0.25, 0.3) is 5.69 Å². The summed E-state index contributed by atoms with van der Waals surface area (Å²) in [4.78, 5) is 14.3. The molecule has 0 N–H and O–H groups in total. The maximum Gasteiger partial charge on any atom is 0.280 e. The van der Waals surface area contributed by atoms with Gasteiger partial charge in [-0.1, -0.05) is 12.1 Å². The second kappa shape index (κ2) is 3.49. The molecule has 0 saturated heterocycles. The fraction of sp³-hybridized carbons (Fsp3) is 0.111. The molecular weight excluding hydrogens is 196 g/mol. The summed E-state index contributed by atoms with van der Waals surface area (Å²) < 4.78 is 1.50. The number of aryl methyl sites for hydroxylation is 1. The van der Waals surface area contributed by atoms with E-state index in [0.29, 0.717) is 11.4 Å². The molecular formula is C9H8N4O2. The van der Waals surface area contributed by atoms with Crippen LogP contribution in [-0.2, 0) is 7.05 Å². The lowest BCUT2D eigenvalue weighted by atomic mass is 10.1. The second-order valence-corrected chi connectivity index (χ2v) is 2.98. The smallest absolute Gasteiger partial charge is 0.258 e. The third-order valence-electron chi connectivity index (χ3n) is 2.05. The van der Waals surface area contributed by atoms with Gasteiger partial charge in [-0.3, -0.25) is 10.1 Å². The minimum atomic E-state index is -0.427. The summed E-state index contributed by atoms with van der Waals surface area (Å²) in [5.41, 5.74) is 0.510. The molecule has 15 heavy (non-hydrogen) atoms. The number of nitro groups is 1. The van der Waals surface area contributed by atoms with Crippen LogP contribution in [0.5, 0.6) is 0 Å². The zero-order chi connectivity index (χ0) is 10.8. The van der Waals surface area contributed by atoms with Crippen LogP contribution >= 0.6 is 0 Å². The van der Waals surface area contributed by atoms with Crippen LogP contribution in [0.4, 0.5) is 5.69 Å². The normalized spacial score (nSPS) is 10.2. The lowest BCUT2D eigenvalue weighted by Crippen LogP contribution is -1.98. The number of hydrogen-bond donors (Lipinski definition) is 0. The Labute approximate surface area is 85.3 Å². The van der Waals surface area contributed by atoms with Gasteiger partial charge in [0.1, 0.15) is 6.33 Å². The highest BCUT2D eigenvalue weighted by Crippen LogP contribution is 2.26. The summed E-state index contributed by atoms with van der Waals surface area (Å²) in [6.45, 7) is 0. The van der Waals surface area contributed by atoms with Gasteiger partial charge in [0.2, 0.25) is 0 Å². The van der Waals surface area contributed by atoms with Crippen molar-refractivity contribution in [1.29, 1.82) is 0 Å². The van der Waals surface area contributed by atoms with Crippen molar-refractivity contribution in [1.82, 2.24) is 14.8 Å². The van der Waals surface area contributed by atoms with E-state index in [9.17, 15) is 10.1 Å². The van der Waals surface area contributed by atoms with Crippen molar-refractivity contribution in [2.75, 3.05) is 0 Å². The van der Waals surface area contributed by atoms with Crippen molar-refractivity contribution in [2.45, 2.75) is 0 Å². The van der Waals surface area contributed by atoms with Gasteiger partial charge in [-0.25, -0.2) is 9.67 Å². The monoisotopic (exact) mass is 204 g/mol. The van der Waals surface area contributed by atoms with E-state index in [1.807, 2.05) is 0 Å². The Kier molecular flexibility index (Phi) is 2.17. The minimum absolute atomic E-state index is 0.0357. The Hall–Kier alpha value is -2.24. The number of hydrogen-bond acceptors (Lipinski definition) is 4. The molecule has 0 aliphatic heterocycles. The number of nitrogens with zero attached hydrogens (tertiary/aromatic N) is 4. The fourth-order valence-electron chi connectivity index (χ4n) is 1.36. The maximum atomic E-state index is 10.8. The lowest BCUT2D eigenvalue weighted by Gasteiger charge is -2.00. The Morgan fingerprint density at radius 1 is 1.40 bits per heavy atom. The maximum absolute atomic E-state index is 10.8. The first-order chi connectivity index (χ1) is 7.20. The Bertz CT molecular complexity index is 506. The fourth-order valence-corrected chi connectivity index (χ4v) is 1.36. The van der Waals surface area contributed by atoms with E-state index >= 15 is 0 Å². The van der Waals surface area contributed by atoms with Gasteiger partial charge in [0, 0.05) is 13.1 Å². The average molecular weight is 204 g/mol. The van der Waals surface area contributed by atoms with E-state index in [1.54, 1.807) is 25.2 Å². The van der Waals surface area contributed by atoms with Crippen LogP contribution in [0.1, 0.15) is 0 Å². The zero-order valence-corrected chi connectivity index (χ0v) is 7.99.